The molecule has 3 N–H and O–H groups in total. The van der Waals surface area contributed by atoms with E-state index in [9.17, 15) is 23.8 Å². The standard InChI is InChI=1S/C24H26F2O4/c1-15(2)22(12-11-20(27)13-21(28)14-23(29)30)24(16-3-7-18(25)8-4-16)17-5-9-19(26)10-6-17/h3-12,15,20-21,27-28H,13-14H2,1-2H3,(H,29,30)/b12-11+. The number of carbonyl (C=O) groups is 1. The van der Waals surface area contributed by atoms with Crippen LogP contribution in [0.5, 0.6) is 0 Å². The molecule has 2 atom stereocenters. The topological polar surface area (TPSA) is 77.8 Å². The van der Waals surface area contributed by atoms with Crippen molar-refractivity contribution in [1.29, 1.82) is 0 Å². The maximum atomic E-state index is 13.5. The van der Waals surface area contributed by atoms with Gasteiger partial charge in [0.15, 0.2) is 0 Å². The van der Waals surface area contributed by atoms with Crippen molar-refractivity contribution in [3.05, 3.63) is 89.0 Å². The predicted octanol–water partition coefficient (Wildman–Crippen LogP) is 4.57. The van der Waals surface area contributed by atoms with Crippen molar-refractivity contribution in [3.8, 4) is 0 Å². The predicted molar refractivity (Wildman–Crippen MR) is 112 cm³/mol. The number of allylic oxidation sites excluding steroid dienone is 2. The van der Waals surface area contributed by atoms with Gasteiger partial charge < -0.3 is 15.3 Å². The Labute approximate surface area is 174 Å². The molecule has 0 bridgehead atoms. The van der Waals surface area contributed by atoms with E-state index in [1.165, 1.54) is 30.3 Å². The fourth-order valence-corrected chi connectivity index (χ4v) is 3.15. The summed E-state index contributed by atoms with van der Waals surface area (Å²) >= 11 is 0. The Morgan fingerprint density at radius 3 is 1.80 bits per heavy atom. The van der Waals surface area contributed by atoms with Crippen LogP contribution in [0.2, 0.25) is 0 Å². The third-order valence-electron chi connectivity index (χ3n) is 4.60. The Kier molecular flexibility index (Phi) is 8.45. The van der Waals surface area contributed by atoms with E-state index in [1.54, 1.807) is 30.3 Å². The van der Waals surface area contributed by atoms with Crippen LogP contribution >= 0.6 is 0 Å². The first kappa shape index (κ1) is 23.4. The molecule has 0 aliphatic heterocycles. The van der Waals surface area contributed by atoms with Crippen LogP contribution in [0.15, 0.2) is 66.3 Å². The second-order valence-corrected chi connectivity index (χ2v) is 7.41. The second kappa shape index (κ2) is 10.8. The molecule has 2 aromatic carbocycles. The Balaban J connectivity index is 2.47. The smallest absolute Gasteiger partial charge is 0.305 e. The van der Waals surface area contributed by atoms with E-state index in [4.69, 9.17) is 5.11 Å². The quantitative estimate of drug-likeness (QED) is 0.524. The zero-order valence-corrected chi connectivity index (χ0v) is 16.9. The van der Waals surface area contributed by atoms with E-state index >= 15 is 0 Å². The van der Waals surface area contributed by atoms with Crippen LogP contribution < -0.4 is 0 Å². The highest BCUT2D eigenvalue weighted by molar-refractivity contribution is 5.83. The third kappa shape index (κ3) is 6.90. The number of aliphatic carboxylic acids is 1. The van der Waals surface area contributed by atoms with Gasteiger partial charge in [0, 0.05) is 6.42 Å². The summed E-state index contributed by atoms with van der Waals surface area (Å²) in [6.07, 6.45) is 0.432. The molecule has 2 rings (SSSR count). The van der Waals surface area contributed by atoms with Crippen molar-refractivity contribution in [2.75, 3.05) is 0 Å². The Morgan fingerprint density at radius 2 is 1.40 bits per heavy atom. The van der Waals surface area contributed by atoms with E-state index in [0.717, 1.165) is 22.3 Å². The normalized spacial score (nSPS) is 13.4. The summed E-state index contributed by atoms with van der Waals surface area (Å²) in [6.45, 7) is 3.91. The summed E-state index contributed by atoms with van der Waals surface area (Å²) in [5.74, 6) is -1.89. The van der Waals surface area contributed by atoms with Crippen LogP contribution in [-0.4, -0.2) is 33.5 Å². The lowest BCUT2D eigenvalue weighted by Crippen LogP contribution is -2.19. The average Bonchev–Trinajstić information content (AvgIpc) is 2.66. The Hall–Kier alpha value is -2.83. The van der Waals surface area contributed by atoms with Gasteiger partial charge in [-0.05, 0) is 52.5 Å². The molecule has 2 unspecified atom stereocenters. The number of aliphatic hydroxyl groups excluding tert-OH is 2. The maximum absolute atomic E-state index is 13.5. The monoisotopic (exact) mass is 416 g/mol. The highest BCUT2D eigenvalue weighted by atomic mass is 19.1. The van der Waals surface area contributed by atoms with Crippen molar-refractivity contribution < 1.29 is 28.9 Å². The highest BCUT2D eigenvalue weighted by Crippen LogP contribution is 2.32. The van der Waals surface area contributed by atoms with Crippen molar-refractivity contribution in [3.63, 3.8) is 0 Å². The van der Waals surface area contributed by atoms with E-state index in [0.29, 0.717) is 0 Å². The first-order valence-corrected chi connectivity index (χ1v) is 9.69. The van der Waals surface area contributed by atoms with Crippen molar-refractivity contribution >= 4 is 11.5 Å². The molecule has 0 saturated carbocycles. The molecule has 0 spiro atoms. The second-order valence-electron chi connectivity index (χ2n) is 7.41. The Bertz CT molecular complexity index is 852. The number of carboxylic acid groups (broad SMARTS) is 1. The van der Waals surface area contributed by atoms with Gasteiger partial charge in [-0.25, -0.2) is 8.78 Å². The SMILES string of the molecule is CC(C)C(/C=C/C(O)CC(O)CC(=O)O)=C(c1ccc(F)cc1)c1ccc(F)cc1. The minimum absolute atomic E-state index is 0.00231. The zero-order valence-electron chi connectivity index (χ0n) is 16.9. The first-order valence-electron chi connectivity index (χ1n) is 9.69. The lowest BCUT2D eigenvalue weighted by molar-refractivity contribution is -0.139. The molecule has 6 heteroatoms. The van der Waals surface area contributed by atoms with Gasteiger partial charge >= 0.3 is 5.97 Å². The molecule has 0 amide bonds. The van der Waals surface area contributed by atoms with E-state index < -0.39 is 24.6 Å². The summed E-state index contributed by atoms with van der Waals surface area (Å²) < 4.78 is 26.9. The molecule has 0 heterocycles. The van der Waals surface area contributed by atoms with Crippen molar-refractivity contribution in [2.24, 2.45) is 5.92 Å². The van der Waals surface area contributed by atoms with Crippen LogP contribution in [0, 0.1) is 17.6 Å². The van der Waals surface area contributed by atoms with E-state index in [2.05, 4.69) is 0 Å². The zero-order chi connectivity index (χ0) is 22.3. The minimum Gasteiger partial charge on any atom is -0.481 e. The number of hydrogen-bond donors (Lipinski definition) is 3. The fraction of sp³-hybridized carbons (Fsp3) is 0.292. The molecule has 160 valence electrons. The van der Waals surface area contributed by atoms with Gasteiger partial charge in [0.25, 0.3) is 0 Å². The first-order chi connectivity index (χ1) is 14.2. The molecule has 4 nitrogen and oxygen atoms in total. The van der Waals surface area contributed by atoms with Crippen LogP contribution in [-0.2, 0) is 4.79 Å². The van der Waals surface area contributed by atoms with E-state index in [1.807, 2.05) is 13.8 Å². The van der Waals surface area contributed by atoms with Gasteiger partial charge in [-0.15, -0.1) is 0 Å². The molecule has 30 heavy (non-hydrogen) atoms. The number of carboxylic acids is 1. The molecule has 0 aliphatic rings. The number of benzene rings is 2. The molecule has 2 aromatic rings. The number of aliphatic hydroxyl groups is 2. The average molecular weight is 416 g/mol. The fourth-order valence-electron chi connectivity index (χ4n) is 3.15. The minimum atomic E-state index is -1.16. The molecular weight excluding hydrogens is 390 g/mol. The molecular formula is C24H26F2O4. The van der Waals surface area contributed by atoms with Gasteiger partial charge in [-0.3, -0.25) is 4.79 Å². The van der Waals surface area contributed by atoms with Gasteiger partial charge in [0.05, 0.1) is 18.6 Å². The summed E-state index contributed by atoms with van der Waals surface area (Å²) in [4.78, 5) is 10.7. The number of halogens is 2. The lowest BCUT2D eigenvalue weighted by atomic mass is 9.87. The van der Waals surface area contributed by atoms with Gasteiger partial charge in [-0.1, -0.05) is 50.3 Å². The number of hydrogen-bond acceptors (Lipinski definition) is 3. The van der Waals surface area contributed by atoms with Crippen molar-refractivity contribution in [2.45, 2.75) is 38.9 Å². The molecule has 0 aliphatic carbocycles. The largest absolute Gasteiger partial charge is 0.481 e. The molecule has 0 aromatic heterocycles. The van der Waals surface area contributed by atoms with Crippen LogP contribution in [0.1, 0.15) is 37.8 Å². The summed E-state index contributed by atoms with van der Waals surface area (Å²) in [6, 6.07) is 11.9. The Morgan fingerprint density at radius 1 is 0.933 bits per heavy atom. The van der Waals surface area contributed by atoms with Gasteiger partial charge in [0.2, 0.25) is 0 Å². The number of rotatable bonds is 9. The van der Waals surface area contributed by atoms with Crippen LogP contribution in [0.4, 0.5) is 8.78 Å². The molecule has 0 radical (unpaired) electrons. The summed E-state index contributed by atoms with van der Waals surface area (Å²) in [7, 11) is 0. The van der Waals surface area contributed by atoms with Crippen LogP contribution in [0.25, 0.3) is 5.57 Å². The van der Waals surface area contributed by atoms with Crippen LogP contribution in [0.3, 0.4) is 0 Å². The van der Waals surface area contributed by atoms with Crippen molar-refractivity contribution in [1.82, 2.24) is 0 Å². The molecule has 0 fully saturated rings. The highest BCUT2D eigenvalue weighted by Gasteiger charge is 2.16. The van der Waals surface area contributed by atoms with Gasteiger partial charge in [0.1, 0.15) is 11.6 Å². The van der Waals surface area contributed by atoms with E-state index in [-0.39, 0.29) is 24.0 Å². The third-order valence-corrected chi connectivity index (χ3v) is 4.60. The lowest BCUT2D eigenvalue weighted by Gasteiger charge is -2.18. The molecule has 0 saturated heterocycles. The maximum Gasteiger partial charge on any atom is 0.305 e. The van der Waals surface area contributed by atoms with Gasteiger partial charge in [-0.2, -0.15) is 0 Å². The summed E-state index contributed by atoms with van der Waals surface area (Å²) in [5.41, 5.74) is 3.05. The summed E-state index contributed by atoms with van der Waals surface area (Å²) in [5, 5.41) is 28.7.